The second kappa shape index (κ2) is 7.32. The molecule has 2 N–H and O–H groups in total. The summed E-state index contributed by atoms with van der Waals surface area (Å²) in [6, 6.07) is 13.8. The summed E-state index contributed by atoms with van der Waals surface area (Å²) < 4.78 is 0. The highest BCUT2D eigenvalue weighted by Crippen LogP contribution is 2.32. The molecule has 0 atom stereocenters. The lowest BCUT2D eigenvalue weighted by Gasteiger charge is -2.17. The molecule has 0 radical (unpaired) electrons. The van der Waals surface area contributed by atoms with Crippen LogP contribution in [0.2, 0.25) is 0 Å². The Balaban J connectivity index is 1.55. The van der Waals surface area contributed by atoms with Gasteiger partial charge in [0.05, 0.1) is 5.69 Å². The molecule has 2 heterocycles. The highest BCUT2D eigenvalue weighted by Gasteiger charge is 2.16. The second-order valence-corrected chi connectivity index (χ2v) is 7.30. The summed E-state index contributed by atoms with van der Waals surface area (Å²) in [5.74, 6) is 0.0765. The van der Waals surface area contributed by atoms with Crippen LogP contribution in [0, 0.1) is 0 Å². The summed E-state index contributed by atoms with van der Waals surface area (Å²) in [6.07, 6.45) is 1.75. The largest absolute Gasteiger partial charge is 0.326 e. The van der Waals surface area contributed by atoms with Gasteiger partial charge in [0.2, 0.25) is 11.8 Å². The van der Waals surface area contributed by atoms with E-state index in [2.05, 4.69) is 16.7 Å². The molecule has 6 heteroatoms. The van der Waals surface area contributed by atoms with Gasteiger partial charge in [-0.05, 0) is 48.4 Å². The van der Waals surface area contributed by atoms with Crippen LogP contribution in [0.25, 0.3) is 21.8 Å². The summed E-state index contributed by atoms with van der Waals surface area (Å²) in [7, 11) is 0. The van der Waals surface area contributed by atoms with Crippen molar-refractivity contribution in [2.24, 2.45) is 0 Å². The SMILES string of the molecule is CCC(=O)Nc1ccc(-c2nc(-c3ccc4c(c3)CCC(=O)N4)cs2)cc1. The fourth-order valence-corrected chi connectivity index (χ4v) is 3.86. The fraction of sp³-hybridized carbons (Fsp3) is 0.190. The third-order valence-electron chi connectivity index (χ3n) is 4.54. The van der Waals surface area contributed by atoms with Crippen LogP contribution in [-0.4, -0.2) is 16.8 Å². The molecule has 3 aromatic rings. The number of benzene rings is 2. The third-order valence-corrected chi connectivity index (χ3v) is 5.43. The van der Waals surface area contributed by atoms with Crippen molar-refractivity contribution >= 4 is 34.5 Å². The summed E-state index contributed by atoms with van der Waals surface area (Å²) in [6.45, 7) is 1.83. The highest BCUT2D eigenvalue weighted by atomic mass is 32.1. The molecule has 4 rings (SSSR count). The van der Waals surface area contributed by atoms with Gasteiger partial charge in [0.15, 0.2) is 0 Å². The molecule has 136 valence electrons. The van der Waals surface area contributed by atoms with Crippen LogP contribution in [0.5, 0.6) is 0 Å². The summed E-state index contributed by atoms with van der Waals surface area (Å²) in [4.78, 5) is 27.7. The Bertz CT molecular complexity index is 1010. The molecule has 2 aromatic carbocycles. The van der Waals surface area contributed by atoms with Crippen molar-refractivity contribution in [3.63, 3.8) is 0 Å². The Morgan fingerprint density at radius 3 is 2.70 bits per heavy atom. The summed E-state index contributed by atoms with van der Waals surface area (Å²) in [5.41, 5.74) is 5.84. The van der Waals surface area contributed by atoms with E-state index >= 15 is 0 Å². The van der Waals surface area contributed by atoms with Crippen molar-refractivity contribution in [1.82, 2.24) is 4.98 Å². The van der Waals surface area contributed by atoms with Crippen molar-refractivity contribution in [2.75, 3.05) is 10.6 Å². The van der Waals surface area contributed by atoms with Gasteiger partial charge in [0.1, 0.15) is 5.01 Å². The average molecular weight is 377 g/mol. The van der Waals surface area contributed by atoms with Crippen LogP contribution in [0.15, 0.2) is 47.8 Å². The molecule has 0 fully saturated rings. The first-order valence-corrected chi connectivity index (χ1v) is 9.79. The lowest BCUT2D eigenvalue weighted by atomic mass is 9.99. The number of anilines is 2. The Morgan fingerprint density at radius 1 is 1.15 bits per heavy atom. The topological polar surface area (TPSA) is 71.1 Å². The number of aryl methyl sites for hydroxylation is 1. The lowest BCUT2D eigenvalue weighted by Crippen LogP contribution is -2.18. The van der Waals surface area contributed by atoms with Gasteiger partial charge in [-0.15, -0.1) is 11.3 Å². The highest BCUT2D eigenvalue weighted by molar-refractivity contribution is 7.13. The van der Waals surface area contributed by atoms with E-state index in [0.29, 0.717) is 12.8 Å². The number of rotatable bonds is 4. The molecule has 0 aliphatic carbocycles. The monoisotopic (exact) mass is 377 g/mol. The Hall–Kier alpha value is -2.99. The van der Waals surface area contributed by atoms with E-state index in [0.717, 1.165) is 45.2 Å². The minimum atomic E-state index is 0.00267. The molecular weight excluding hydrogens is 358 g/mol. The van der Waals surface area contributed by atoms with E-state index < -0.39 is 0 Å². The maximum atomic E-state index is 11.5. The predicted octanol–water partition coefficient (Wildman–Crippen LogP) is 4.71. The molecule has 1 aliphatic heterocycles. The van der Waals surface area contributed by atoms with Gasteiger partial charge in [-0.2, -0.15) is 0 Å². The molecule has 0 saturated carbocycles. The molecular formula is C21H19N3O2S. The number of carbonyl (C=O) groups excluding carboxylic acids is 2. The minimum absolute atomic E-state index is 0.00267. The van der Waals surface area contributed by atoms with Crippen molar-refractivity contribution in [1.29, 1.82) is 0 Å². The number of hydrogen-bond acceptors (Lipinski definition) is 4. The molecule has 0 saturated heterocycles. The van der Waals surface area contributed by atoms with Crippen molar-refractivity contribution in [3.05, 3.63) is 53.4 Å². The molecule has 2 amide bonds. The van der Waals surface area contributed by atoms with E-state index in [-0.39, 0.29) is 11.8 Å². The van der Waals surface area contributed by atoms with Gasteiger partial charge in [0, 0.05) is 40.7 Å². The zero-order valence-electron chi connectivity index (χ0n) is 14.9. The number of carbonyl (C=O) groups is 2. The Labute approximate surface area is 161 Å². The molecule has 5 nitrogen and oxygen atoms in total. The normalized spacial score (nSPS) is 13.0. The zero-order chi connectivity index (χ0) is 18.8. The van der Waals surface area contributed by atoms with Crippen LogP contribution in [0.4, 0.5) is 11.4 Å². The molecule has 27 heavy (non-hydrogen) atoms. The molecule has 0 bridgehead atoms. The van der Waals surface area contributed by atoms with Crippen LogP contribution in [0.1, 0.15) is 25.3 Å². The fourth-order valence-electron chi connectivity index (χ4n) is 3.03. The maximum absolute atomic E-state index is 11.5. The predicted molar refractivity (Wildman–Crippen MR) is 109 cm³/mol. The summed E-state index contributed by atoms with van der Waals surface area (Å²) in [5, 5.41) is 8.73. The number of fused-ring (bicyclic) bond motifs is 1. The van der Waals surface area contributed by atoms with Crippen molar-refractivity contribution < 1.29 is 9.59 Å². The van der Waals surface area contributed by atoms with E-state index in [4.69, 9.17) is 4.98 Å². The second-order valence-electron chi connectivity index (χ2n) is 6.44. The van der Waals surface area contributed by atoms with Gasteiger partial charge in [-0.25, -0.2) is 4.98 Å². The van der Waals surface area contributed by atoms with Crippen LogP contribution in [0.3, 0.4) is 0 Å². The minimum Gasteiger partial charge on any atom is -0.326 e. The first-order chi connectivity index (χ1) is 13.1. The van der Waals surface area contributed by atoms with Crippen LogP contribution < -0.4 is 10.6 Å². The number of nitrogens with zero attached hydrogens (tertiary/aromatic N) is 1. The van der Waals surface area contributed by atoms with E-state index in [1.807, 2.05) is 48.7 Å². The smallest absolute Gasteiger partial charge is 0.224 e. The van der Waals surface area contributed by atoms with E-state index in [9.17, 15) is 9.59 Å². The standard InChI is InChI=1S/C21H19N3O2S/c1-2-19(25)22-16-7-3-13(4-8-16)21-24-18(12-27-21)15-5-9-17-14(11-15)6-10-20(26)23-17/h3-5,7-9,11-12H,2,6,10H2,1H3,(H,22,25)(H,23,26). The quantitative estimate of drug-likeness (QED) is 0.692. The molecule has 0 spiro atoms. The molecule has 1 aliphatic rings. The van der Waals surface area contributed by atoms with Crippen LogP contribution >= 0.6 is 11.3 Å². The Morgan fingerprint density at radius 2 is 1.93 bits per heavy atom. The number of hydrogen-bond donors (Lipinski definition) is 2. The maximum Gasteiger partial charge on any atom is 0.224 e. The molecule has 1 aromatic heterocycles. The van der Waals surface area contributed by atoms with Gasteiger partial charge < -0.3 is 10.6 Å². The number of nitrogens with one attached hydrogen (secondary N) is 2. The lowest BCUT2D eigenvalue weighted by molar-refractivity contribution is -0.117. The zero-order valence-corrected chi connectivity index (χ0v) is 15.7. The van der Waals surface area contributed by atoms with E-state index in [1.165, 1.54) is 0 Å². The number of amides is 2. The number of thiazole rings is 1. The van der Waals surface area contributed by atoms with Gasteiger partial charge in [-0.1, -0.05) is 13.0 Å². The van der Waals surface area contributed by atoms with Gasteiger partial charge in [-0.3, -0.25) is 9.59 Å². The van der Waals surface area contributed by atoms with Gasteiger partial charge in [0.25, 0.3) is 0 Å². The summed E-state index contributed by atoms with van der Waals surface area (Å²) >= 11 is 1.59. The van der Waals surface area contributed by atoms with Gasteiger partial charge >= 0.3 is 0 Å². The average Bonchev–Trinajstić information content (AvgIpc) is 3.18. The molecule has 0 unspecified atom stereocenters. The van der Waals surface area contributed by atoms with Crippen molar-refractivity contribution in [3.8, 4) is 21.8 Å². The third kappa shape index (κ3) is 3.75. The van der Waals surface area contributed by atoms with Crippen LogP contribution in [-0.2, 0) is 16.0 Å². The van der Waals surface area contributed by atoms with Crippen molar-refractivity contribution in [2.45, 2.75) is 26.2 Å². The Kier molecular flexibility index (Phi) is 4.73. The first kappa shape index (κ1) is 17.4. The number of aromatic nitrogens is 1. The van der Waals surface area contributed by atoms with E-state index in [1.54, 1.807) is 11.3 Å². The first-order valence-electron chi connectivity index (χ1n) is 8.91.